The van der Waals surface area contributed by atoms with Gasteiger partial charge in [-0.3, -0.25) is 4.90 Å². The van der Waals surface area contributed by atoms with Crippen LogP contribution in [0.25, 0.3) is 11.0 Å². The molecule has 2 aliphatic heterocycles. The van der Waals surface area contributed by atoms with Crippen LogP contribution in [0, 0.1) is 11.6 Å². The molecule has 0 N–H and O–H groups in total. The van der Waals surface area contributed by atoms with E-state index >= 15 is 0 Å². The molecule has 0 amide bonds. The summed E-state index contributed by atoms with van der Waals surface area (Å²) >= 11 is 9.22. The summed E-state index contributed by atoms with van der Waals surface area (Å²) in [5.74, 6) is 0.628. The highest BCUT2D eigenvalue weighted by molar-refractivity contribution is 9.10. The zero-order valence-corrected chi connectivity index (χ0v) is 24.0. The average molecular weight is 634 g/mol. The molecule has 210 valence electrons. The maximum atomic E-state index is 14.7. The molecule has 4 heterocycles. The highest BCUT2D eigenvalue weighted by atomic mass is 79.9. The molecule has 2 aliphatic rings. The van der Waals surface area contributed by atoms with Crippen LogP contribution in [-0.2, 0) is 24.4 Å². The minimum atomic E-state index is -0.517. The van der Waals surface area contributed by atoms with E-state index in [0.29, 0.717) is 39.7 Å². The Morgan fingerprint density at radius 3 is 2.60 bits per heavy atom. The molecular formula is C29H28BrClF2N4O3. The molecule has 0 unspecified atom stereocenters. The fourth-order valence-electron chi connectivity index (χ4n) is 5.06. The van der Waals surface area contributed by atoms with E-state index in [1.54, 1.807) is 6.07 Å². The lowest BCUT2D eigenvalue weighted by molar-refractivity contribution is -0.0592. The van der Waals surface area contributed by atoms with Crippen molar-refractivity contribution in [1.82, 2.24) is 19.4 Å². The number of piperidine rings is 1. The SMILES string of the molecule is Fc1cc(Cl)ccc1OCc1cccc(OC2CCN(Cc3nc4c(F)cc(Br)cc4n3C[C@@H]3CCO3)CC2)n1. The first kappa shape index (κ1) is 27.4. The smallest absolute Gasteiger partial charge is 0.213 e. The number of likely N-dealkylation sites (tertiary alicyclic amines) is 1. The van der Waals surface area contributed by atoms with Gasteiger partial charge in [-0.15, -0.1) is 0 Å². The maximum absolute atomic E-state index is 14.7. The third kappa shape index (κ3) is 6.25. The Balaban J connectivity index is 1.06. The number of hydrogen-bond donors (Lipinski definition) is 0. The van der Waals surface area contributed by atoms with Crippen molar-refractivity contribution in [1.29, 1.82) is 0 Å². The van der Waals surface area contributed by atoms with E-state index in [4.69, 9.17) is 30.8 Å². The standard InChI is InChI=1S/C29H28BrClF2N4O3/c30-18-12-24(33)29-25(13-18)37(15-22-8-11-38-22)27(35-29)16-36-9-6-21(7-10-36)40-28-3-1-2-20(34-28)17-39-26-5-4-19(31)14-23(26)32/h1-5,12-14,21-22H,6-11,15-17H2/t22-/m0/s1. The van der Waals surface area contributed by atoms with Crippen LogP contribution in [0.15, 0.2) is 53.0 Å². The summed E-state index contributed by atoms with van der Waals surface area (Å²) in [6.45, 7) is 3.80. The van der Waals surface area contributed by atoms with Crippen molar-refractivity contribution in [2.24, 2.45) is 0 Å². The molecule has 2 saturated heterocycles. The van der Waals surface area contributed by atoms with Gasteiger partial charge in [0.15, 0.2) is 17.4 Å². The summed E-state index contributed by atoms with van der Waals surface area (Å²) < 4.78 is 48.9. The van der Waals surface area contributed by atoms with Crippen LogP contribution in [0.2, 0.25) is 5.02 Å². The van der Waals surface area contributed by atoms with E-state index in [9.17, 15) is 8.78 Å². The van der Waals surface area contributed by atoms with Crippen molar-refractivity contribution >= 4 is 38.6 Å². The molecule has 6 rings (SSSR count). The van der Waals surface area contributed by atoms with Crippen LogP contribution in [-0.4, -0.2) is 51.3 Å². The fourth-order valence-corrected chi connectivity index (χ4v) is 5.63. The van der Waals surface area contributed by atoms with Crippen molar-refractivity contribution < 1.29 is 23.0 Å². The molecule has 40 heavy (non-hydrogen) atoms. The van der Waals surface area contributed by atoms with E-state index in [2.05, 4.69) is 30.4 Å². The van der Waals surface area contributed by atoms with E-state index in [1.807, 2.05) is 24.3 Å². The van der Waals surface area contributed by atoms with Crippen molar-refractivity contribution in [2.75, 3.05) is 19.7 Å². The predicted molar refractivity (Wildman–Crippen MR) is 151 cm³/mol. The Labute approximate surface area is 244 Å². The molecule has 2 fully saturated rings. The van der Waals surface area contributed by atoms with Crippen LogP contribution < -0.4 is 9.47 Å². The highest BCUT2D eigenvalue weighted by Gasteiger charge is 2.26. The Hall–Kier alpha value is -2.79. The number of rotatable bonds is 9. The number of fused-ring (bicyclic) bond motifs is 1. The van der Waals surface area contributed by atoms with Gasteiger partial charge >= 0.3 is 0 Å². The quantitative estimate of drug-likeness (QED) is 0.209. The first-order valence-corrected chi connectivity index (χ1v) is 14.5. The number of benzene rings is 2. The van der Waals surface area contributed by atoms with E-state index < -0.39 is 5.82 Å². The number of aromatic nitrogens is 3. The summed E-state index contributed by atoms with van der Waals surface area (Å²) in [5, 5.41) is 0.313. The Bertz CT molecular complexity index is 1510. The van der Waals surface area contributed by atoms with Crippen molar-refractivity contribution in [3.05, 3.63) is 81.2 Å². The number of halogens is 4. The number of pyridine rings is 1. The fraction of sp³-hybridized carbons (Fsp3) is 0.379. The Morgan fingerprint density at radius 2 is 1.85 bits per heavy atom. The molecule has 0 saturated carbocycles. The number of hydrogen-bond acceptors (Lipinski definition) is 6. The first-order valence-electron chi connectivity index (χ1n) is 13.3. The summed E-state index contributed by atoms with van der Waals surface area (Å²) in [6.07, 6.45) is 2.80. The van der Waals surface area contributed by atoms with Gasteiger partial charge in [-0.25, -0.2) is 18.7 Å². The highest BCUT2D eigenvalue weighted by Crippen LogP contribution is 2.28. The normalized spacial score (nSPS) is 18.1. The van der Waals surface area contributed by atoms with Crippen LogP contribution in [0.5, 0.6) is 11.6 Å². The van der Waals surface area contributed by atoms with Crippen LogP contribution in [0.1, 0.15) is 30.8 Å². The average Bonchev–Trinajstić information content (AvgIpc) is 3.24. The zero-order chi connectivity index (χ0) is 27.6. The summed E-state index contributed by atoms with van der Waals surface area (Å²) in [7, 11) is 0. The van der Waals surface area contributed by atoms with Gasteiger partial charge in [-0.1, -0.05) is 33.6 Å². The van der Waals surface area contributed by atoms with E-state index in [0.717, 1.165) is 50.3 Å². The minimum absolute atomic E-state index is 0.0178. The monoisotopic (exact) mass is 632 g/mol. The lowest BCUT2D eigenvalue weighted by atomic mass is 10.1. The number of ether oxygens (including phenoxy) is 3. The molecular weight excluding hydrogens is 606 g/mol. The molecule has 7 nitrogen and oxygen atoms in total. The molecule has 2 aromatic carbocycles. The maximum Gasteiger partial charge on any atom is 0.213 e. The number of nitrogens with zero attached hydrogens (tertiary/aromatic N) is 4. The summed E-state index contributed by atoms with van der Waals surface area (Å²) in [6, 6.07) is 13.1. The predicted octanol–water partition coefficient (Wildman–Crippen LogP) is 6.54. The molecule has 0 spiro atoms. The first-order chi connectivity index (χ1) is 19.4. The zero-order valence-electron chi connectivity index (χ0n) is 21.7. The van der Waals surface area contributed by atoms with Gasteiger partial charge in [0, 0.05) is 35.3 Å². The molecule has 1 atom stereocenters. The van der Waals surface area contributed by atoms with Crippen molar-refractivity contribution in [3.8, 4) is 11.6 Å². The lowest BCUT2D eigenvalue weighted by Crippen LogP contribution is -2.39. The topological polar surface area (TPSA) is 61.6 Å². The third-order valence-electron chi connectivity index (χ3n) is 7.27. The molecule has 11 heteroatoms. The second kappa shape index (κ2) is 12.0. The lowest BCUT2D eigenvalue weighted by Gasteiger charge is -2.32. The third-order valence-corrected chi connectivity index (χ3v) is 7.96. The summed E-state index contributed by atoms with van der Waals surface area (Å²) in [5.41, 5.74) is 1.81. The van der Waals surface area contributed by atoms with Gasteiger partial charge in [-0.2, -0.15) is 0 Å². The Morgan fingerprint density at radius 1 is 1.02 bits per heavy atom. The van der Waals surface area contributed by atoms with E-state index in [1.165, 1.54) is 18.2 Å². The summed E-state index contributed by atoms with van der Waals surface area (Å²) in [4.78, 5) is 11.5. The molecule has 0 aliphatic carbocycles. The molecule has 0 bridgehead atoms. The molecule has 4 aromatic rings. The van der Waals surface area contributed by atoms with Gasteiger partial charge in [0.2, 0.25) is 5.88 Å². The van der Waals surface area contributed by atoms with Gasteiger partial charge in [0.05, 0.1) is 30.4 Å². The number of imidazole rings is 1. The minimum Gasteiger partial charge on any atom is -0.484 e. The van der Waals surface area contributed by atoms with Gasteiger partial charge in [0.25, 0.3) is 0 Å². The van der Waals surface area contributed by atoms with Crippen molar-refractivity contribution in [2.45, 2.75) is 51.2 Å². The second-order valence-corrected chi connectivity index (χ2v) is 11.5. The Kier molecular flexibility index (Phi) is 8.20. The van der Waals surface area contributed by atoms with Gasteiger partial charge in [0.1, 0.15) is 24.1 Å². The van der Waals surface area contributed by atoms with Crippen molar-refractivity contribution in [3.63, 3.8) is 0 Å². The largest absolute Gasteiger partial charge is 0.484 e. The van der Waals surface area contributed by atoms with Gasteiger partial charge < -0.3 is 18.8 Å². The van der Waals surface area contributed by atoms with Crippen LogP contribution >= 0.6 is 27.5 Å². The van der Waals surface area contributed by atoms with Gasteiger partial charge in [-0.05, 0) is 55.7 Å². The molecule has 2 aromatic heterocycles. The second-order valence-electron chi connectivity index (χ2n) is 10.1. The van der Waals surface area contributed by atoms with E-state index in [-0.39, 0.29) is 30.4 Å². The van der Waals surface area contributed by atoms with Crippen LogP contribution in [0.4, 0.5) is 8.78 Å². The van der Waals surface area contributed by atoms with Crippen LogP contribution in [0.3, 0.4) is 0 Å². The molecule has 0 radical (unpaired) electrons.